The highest BCUT2D eigenvalue weighted by molar-refractivity contribution is 5.61. The van der Waals surface area contributed by atoms with Crippen LogP contribution in [0.1, 0.15) is 0 Å². The first kappa shape index (κ1) is 16.2. The Balaban J connectivity index is 2.05. The van der Waals surface area contributed by atoms with Gasteiger partial charge in [-0.25, -0.2) is 0 Å². The summed E-state index contributed by atoms with van der Waals surface area (Å²) in [4.78, 5) is 19.4. The first-order valence-corrected chi connectivity index (χ1v) is 7.58. The van der Waals surface area contributed by atoms with Gasteiger partial charge < -0.3 is 9.80 Å². The van der Waals surface area contributed by atoms with Crippen LogP contribution in [0.5, 0.6) is 0 Å². The molecule has 0 aliphatic heterocycles. The van der Waals surface area contributed by atoms with E-state index in [4.69, 9.17) is 5.53 Å². The van der Waals surface area contributed by atoms with Crippen LogP contribution in [0.4, 0.5) is 29.2 Å². The lowest BCUT2D eigenvalue weighted by Gasteiger charge is -2.21. The summed E-state index contributed by atoms with van der Waals surface area (Å²) >= 11 is 0. The summed E-state index contributed by atoms with van der Waals surface area (Å²) in [5.41, 5.74) is 10.6. The Morgan fingerprint density at radius 2 is 1.20 bits per heavy atom. The van der Waals surface area contributed by atoms with E-state index in [-0.39, 0.29) is 5.95 Å². The molecular weight excluding hydrogens is 316 g/mol. The number of hydrogen-bond donors (Lipinski definition) is 0. The van der Waals surface area contributed by atoms with Gasteiger partial charge in [-0.3, -0.25) is 0 Å². The zero-order valence-electron chi connectivity index (χ0n) is 13.9. The van der Waals surface area contributed by atoms with Crippen LogP contribution in [0, 0.1) is 0 Å². The average Bonchev–Trinajstić information content (AvgIpc) is 2.68. The highest BCUT2D eigenvalue weighted by Gasteiger charge is 2.14. The molecule has 0 unspecified atom stereocenters. The number of hydrogen-bond acceptors (Lipinski definition) is 6. The third-order valence-corrected chi connectivity index (χ3v) is 3.62. The van der Waals surface area contributed by atoms with Crippen LogP contribution >= 0.6 is 0 Å². The molecule has 1 heterocycles. The zero-order valence-corrected chi connectivity index (χ0v) is 13.9. The number of para-hydroxylation sites is 2. The third-order valence-electron chi connectivity index (χ3n) is 3.62. The van der Waals surface area contributed by atoms with E-state index in [1.807, 2.05) is 74.8 Å². The normalized spacial score (nSPS) is 10.0. The van der Waals surface area contributed by atoms with Crippen molar-refractivity contribution < 1.29 is 0 Å². The van der Waals surface area contributed by atoms with E-state index >= 15 is 0 Å². The lowest BCUT2D eigenvalue weighted by molar-refractivity contribution is 0.946. The number of rotatable bonds is 5. The van der Waals surface area contributed by atoms with Gasteiger partial charge in [-0.2, -0.15) is 15.0 Å². The van der Waals surface area contributed by atoms with Gasteiger partial charge in [-0.05, 0) is 34.9 Å². The monoisotopic (exact) mass is 332 g/mol. The van der Waals surface area contributed by atoms with Gasteiger partial charge in [-0.1, -0.05) is 36.4 Å². The molecule has 0 spiro atoms. The van der Waals surface area contributed by atoms with Crippen molar-refractivity contribution in [3.8, 4) is 0 Å². The van der Waals surface area contributed by atoms with E-state index in [2.05, 4.69) is 25.0 Å². The van der Waals surface area contributed by atoms with E-state index in [0.717, 1.165) is 11.4 Å². The van der Waals surface area contributed by atoms with Crippen molar-refractivity contribution >= 4 is 29.2 Å². The van der Waals surface area contributed by atoms with E-state index in [1.165, 1.54) is 0 Å². The third kappa shape index (κ3) is 3.65. The van der Waals surface area contributed by atoms with Crippen LogP contribution in [-0.4, -0.2) is 29.0 Å². The maximum Gasteiger partial charge on any atom is 0.234 e. The van der Waals surface area contributed by atoms with Crippen LogP contribution < -0.4 is 9.80 Å². The number of azide groups is 1. The van der Waals surface area contributed by atoms with Crippen LogP contribution in [-0.2, 0) is 0 Å². The van der Waals surface area contributed by atoms with Crippen molar-refractivity contribution in [3.05, 3.63) is 71.1 Å². The van der Waals surface area contributed by atoms with Crippen LogP contribution in [0.2, 0.25) is 0 Å². The standard InChI is InChI=1S/C17H16N8/c1-24(13-9-5-3-6-10-13)16-19-15(22-23-18)20-17(21-16)25(2)14-11-7-4-8-12-14/h3-12H,1-2H3. The van der Waals surface area contributed by atoms with E-state index in [1.54, 1.807) is 9.80 Å². The fraction of sp³-hybridized carbons (Fsp3) is 0.118. The van der Waals surface area contributed by atoms with Gasteiger partial charge in [0, 0.05) is 30.4 Å². The van der Waals surface area contributed by atoms with E-state index in [9.17, 15) is 0 Å². The van der Waals surface area contributed by atoms with Gasteiger partial charge in [0.15, 0.2) is 0 Å². The Morgan fingerprint density at radius 3 is 1.60 bits per heavy atom. The molecule has 1 aromatic heterocycles. The summed E-state index contributed by atoms with van der Waals surface area (Å²) in [6.45, 7) is 0. The molecule has 3 rings (SSSR count). The van der Waals surface area contributed by atoms with Crippen molar-refractivity contribution in [2.45, 2.75) is 0 Å². The van der Waals surface area contributed by atoms with Crippen LogP contribution in [0.3, 0.4) is 0 Å². The molecule has 8 nitrogen and oxygen atoms in total. The summed E-state index contributed by atoms with van der Waals surface area (Å²) in [7, 11) is 3.69. The van der Waals surface area contributed by atoms with Crippen LogP contribution in [0.25, 0.3) is 10.4 Å². The Morgan fingerprint density at radius 1 is 0.760 bits per heavy atom. The number of nitrogens with zero attached hydrogens (tertiary/aromatic N) is 8. The minimum absolute atomic E-state index is 0.0214. The van der Waals surface area contributed by atoms with E-state index < -0.39 is 0 Å². The molecule has 0 saturated heterocycles. The molecule has 0 aliphatic carbocycles. The lowest BCUT2D eigenvalue weighted by atomic mass is 10.3. The first-order chi connectivity index (χ1) is 12.2. The van der Waals surface area contributed by atoms with Gasteiger partial charge in [0.2, 0.25) is 17.8 Å². The molecule has 0 amide bonds. The molecule has 0 fully saturated rings. The molecule has 0 atom stereocenters. The summed E-state index contributed by atoms with van der Waals surface area (Å²) in [5, 5.41) is 3.55. The smallest absolute Gasteiger partial charge is 0.234 e. The van der Waals surface area contributed by atoms with Crippen molar-refractivity contribution in [3.63, 3.8) is 0 Å². The predicted molar refractivity (Wildman–Crippen MR) is 97.6 cm³/mol. The highest BCUT2D eigenvalue weighted by Crippen LogP contribution is 2.26. The van der Waals surface area contributed by atoms with Gasteiger partial charge in [-0.15, -0.1) is 0 Å². The lowest BCUT2D eigenvalue weighted by Crippen LogP contribution is -2.18. The van der Waals surface area contributed by atoms with E-state index in [0.29, 0.717) is 11.9 Å². The molecule has 25 heavy (non-hydrogen) atoms. The Labute approximate surface area is 145 Å². The molecule has 8 heteroatoms. The SMILES string of the molecule is CN(c1ccccc1)c1nc(N=[N+]=[N-])nc(N(C)c2ccccc2)n1. The van der Waals surface area contributed by atoms with Crippen molar-refractivity contribution in [1.29, 1.82) is 0 Å². The van der Waals surface area contributed by atoms with Crippen molar-refractivity contribution in [1.82, 2.24) is 15.0 Å². The quantitative estimate of drug-likeness (QED) is 0.393. The van der Waals surface area contributed by atoms with Gasteiger partial charge in [0.05, 0.1) is 0 Å². The largest absolute Gasteiger partial charge is 0.313 e. The minimum Gasteiger partial charge on any atom is -0.313 e. The summed E-state index contributed by atoms with van der Waals surface area (Å²) in [5.74, 6) is 0.802. The fourth-order valence-electron chi connectivity index (χ4n) is 2.26. The Bertz CT molecular complexity index is 827. The van der Waals surface area contributed by atoms with Crippen molar-refractivity contribution in [2.24, 2.45) is 5.11 Å². The maximum atomic E-state index is 8.74. The second-order valence-electron chi connectivity index (χ2n) is 5.21. The first-order valence-electron chi connectivity index (χ1n) is 7.58. The molecule has 0 aliphatic rings. The molecular formula is C17H16N8. The molecule has 0 bridgehead atoms. The van der Waals surface area contributed by atoms with Crippen LogP contribution in [0.15, 0.2) is 65.8 Å². The topological polar surface area (TPSA) is 93.9 Å². The maximum absolute atomic E-state index is 8.74. The predicted octanol–water partition coefficient (Wildman–Crippen LogP) is 4.35. The summed E-state index contributed by atoms with van der Waals surface area (Å²) < 4.78 is 0. The number of aromatic nitrogens is 3. The zero-order chi connectivity index (χ0) is 17.6. The Kier molecular flexibility index (Phi) is 4.73. The molecule has 0 saturated carbocycles. The van der Waals surface area contributed by atoms with Crippen molar-refractivity contribution in [2.75, 3.05) is 23.9 Å². The fourth-order valence-corrected chi connectivity index (χ4v) is 2.26. The molecule has 0 N–H and O–H groups in total. The average molecular weight is 332 g/mol. The van der Waals surface area contributed by atoms with Gasteiger partial charge in [0.1, 0.15) is 0 Å². The molecule has 2 aromatic carbocycles. The second-order valence-corrected chi connectivity index (χ2v) is 5.21. The molecule has 0 radical (unpaired) electrons. The molecule has 3 aromatic rings. The van der Waals surface area contributed by atoms with Gasteiger partial charge >= 0.3 is 0 Å². The van der Waals surface area contributed by atoms with Gasteiger partial charge in [0.25, 0.3) is 0 Å². The summed E-state index contributed by atoms with van der Waals surface area (Å²) in [6, 6.07) is 19.4. The summed E-state index contributed by atoms with van der Waals surface area (Å²) in [6.07, 6.45) is 0. The number of anilines is 4. The highest BCUT2D eigenvalue weighted by atomic mass is 15.4. The minimum atomic E-state index is 0.0214. The second kappa shape index (κ2) is 7.29. The molecule has 124 valence electrons. The number of benzene rings is 2. The Hall–Kier alpha value is -3.64.